The van der Waals surface area contributed by atoms with Gasteiger partial charge in [0.05, 0.1) is 11.7 Å². The van der Waals surface area contributed by atoms with Gasteiger partial charge in [-0.3, -0.25) is 9.48 Å². The Morgan fingerprint density at radius 2 is 1.73 bits per heavy atom. The molecule has 0 saturated heterocycles. The molecule has 0 aliphatic carbocycles. The number of carboxylic acids is 1. The molecule has 0 fully saturated rings. The summed E-state index contributed by atoms with van der Waals surface area (Å²) in [5, 5.41) is 14.7. The normalized spacial score (nSPS) is 11.4. The standard InChI is InChI=1S/C29H32N2O2/c1-19(2)22-8-5-21(6-9-22)7-10-24-15-20(3)23(12-14-29(32)33)17-27(24)25-11-13-28-26(16-25)18-30-31(28)4/h5-6,8-9,11,13,15-19H,7,10,12,14H2,1-4H3,(H,32,33). The van der Waals surface area contributed by atoms with Crippen molar-refractivity contribution in [1.82, 2.24) is 9.78 Å². The van der Waals surface area contributed by atoms with Crippen molar-refractivity contribution in [3.8, 4) is 11.1 Å². The number of hydrogen-bond acceptors (Lipinski definition) is 2. The van der Waals surface area contributed by atoms with Gasteiger partial charge in [-0.2, -0.15) is 5.10 Å². The minimum absolute atomic E-state index is 0.142. The van der Waals surface area contributed by atoms with Gasteiger partial charge in [0, 0.05) is 18.9 Å². The number of aliphatic carboxylic acids is 1. The molecule has 1 heterocycles. The van der Waals surface area contributed by atoms with Gasteiger partial charge in [0.15, 0.2) is 0 Å². The van der Waals surface area contributed by atoms with E-state index in [0.717, 1.165) is 40.4 Å². The third-order valence-electron chi connectivity index (χ3n) is 6.56. The van der Waals surface area contributed by atoms with Crippen LogP contribution in [0.2, 0.25) is 0 Å². The van der Waals surface area contributed by atoms with Crippen molar-refractivity contribution in [3.63, 3.8) is 0 Å². The van der Waals surface area contributed by atoms with E-state index in [1.54, 1.807) is 0 Å². The Morgan fingerprint density at radius 3 is 2.42 bits per heavy atom. The van der Waals surface area contributed by atoms with Crippen molar-refractivity contribution in [2.24, 2.45) is 7.05 Å². The van der Waals surface area contributed by atoms with Crippen molar-refractivity contribution in [3.05, 3.63) is 88.6 Å². The number of rotatable bonds is 8. The first kappa shape index (κ1) is 22.8. The maximum Gasteiger partial charge on any atom is 0.303 e. The number of fused-ring (bicyclic) bond motifs is 1. The minimum atomic E-state index is -0.762. The van der Waals surface area contributed by atoms with Crippen molar-refractivity contribution in [2.75, 3.05) is 0 Å². The van der Waals surface area contributed by atoms with Crippen LogP contribution >= 0.6 is 0 Å². The third-order valence-corrected chi connectivity index (χ3v) is 6.56. The molecule has 1 N–H and O–H groups in total. The summed E-state index contributed by atoms with van der Waals surface area (Å²) in [4.78, 5) is 11.2. The first-order chi connectivity index (χ1) is 15.8. The Hall–Kier alpha value is -3.40. The fraction of sp³-hybridized carbons (Fsp3) is 0.310. The van der Waals surface area contributed by atoms with Crippen molar-refractivity contribution in [1.29, 1.82) is 0 Å². The van der Waals surface area contributed by atoms with Crippen molar-refractivity contribution >= 4 is 16.9 Å². The summed E-state index contributed by atoms with van der Waals surface area (Å²) in [5.74, 6) is -0.226. The van der Waals surface area contributed by atoms with Crippen LogP contribution in [0.3, 0.4) is 0 Å². The summed E-state index contributed by atoms with van der Waals surface area (Å²) < 4.78 is 1.88. The maximum absolute atomic E-state index is 11.2. The average molecular weight is 441 g/mol. The van der Waals surface area contributed by atoms with Crippen LogP contribution in [0.1, 0.15) is 54.0 Å². The summed E-state index contributed by atoms with van der Waals surface area (Å²) in [5.41, 5.74) is 9.69. The molecule has 1 aromatic heterocycles. The van der Waals surface area contributed by atoms with Crippen LogP contribution in [0.25, 0.3) is 22.0 Å². The molecule has 0 aliphatic rings. The molecule has 3 aromatic carbocycles. The molecule has 0 spiro atoms. The van der Waals surface area contributed by atoms with Gasteiger partial charge in [-0.1, -0.05) is 56.3 Å². The lowest BCUT2D eigenvalue weighted by Crippen LogP contribution is -2.02. The van der Waals surface area contributed by atoms with E-state index in [-0.39, 0.29) is 6.42 Å². The molecule has 4 nitrogen and oxygen atoms in total. The molecule has 0 unspecified atom stereocenters. The van der Waals surface area contributed by atoms with Crippen LogP contribution in [0.5, 0.6) is 0 Å². The summed E-state index contributed by atoms with van der Waals surface area (Å²) in [6.45, 7) is 6.52. The van der Waals surface area contributed by atoms with Crippen molar-refractivity contribution in [2.45, 2.75) is 52.4 Å². The number of aryl methyl sites for hydroxylation is 5. The highest BCUT2D eigenvalue weighted by molar-refractivity contribution is 5.85. The Kier molecular flexibility index (Phi) is 6.64. The van der Waals surface area contributed by atoms with Crippen LogP contribution in [0.15, 0.2) is 60.8 Å². The Bertz CT molecular complexity index is 1280. The Morgan fingerprint density at radius 1 is 0.970 bits per heavy atom. The average Bonchev–Trinajstić information content (AvgIpc) is 3.17. The molecular weight excluding hydrogens is 408 g/mol. The monoisotopic (exact) mass is 440 g/mol. The second-order valence-corrected chi connectivity index (χ2v) is 9.27. The first-order valence-electron chi connectivity index (χ1n) is 11.7. The topological polar surface area (TPSA) is 55.1 Å². The first-order valence-corrected chi connectivity index (χ1v) is 11.7. The van der Waals surface area contributed by atoms with Gasteiger partial charge in [0.1, 0.15) is 0 Å². The van der Waals surface area contributed by atoms with Crippen LogP contribution in [0.4, 0.5) is 0 Å². The number of aromatic nitrogens is 2. The molecule has 170 valence electrons. The molecule has 33 heavy (non-hydrogen) atoms. The summed E-state index contributed by atoms with van der Waals surface area (Å²) in [6.07, 6.45) is 4.48. The molecule has 4 heteroatoms. The zero-order valence-corrected chi connectivity index (χ0v) is 19.9. The molecule has 0 amide bonds. The highest BCUT2D eigenvalue weighted by atomic mass is 16.4. The third kappa shape index (κ3) is 5.16. The minimum Gasteiger partial charge on any atom is -0.481 e. The van der Waals surface area contributed by atoms with Crippen LogP contribution in [-0.4, -0.2) is 20.9 Å². The van der Waals surface area contributed by atoms with Gasteiger partial charge in [-0.05, 0) is 83.2 Å². The number of benzene rings is 3. The van der Waals surface area contributed by atoms with E-state index < -0.39 is 5.97 Å². The smallest absolute Gasteiger partial charge is 0.303 e. The lowest BCUT2D eigenvalue weighted by molar-refractivity contribution is -0.136. The van der Waals surface area contributed by atoms with Gasteiger partial charge in [0.25, 0.3) is 0 Å². The molecule has 0 aliphatic heterocycles. The van der Waals surface area contributed by atoms with E-state index in [1.807, 2.05) is 17.9 Å². The van der Waals surface area contributed by atoms with E-state index in [4.69, 9.17) is 0 Å². The zero-order chi connectivity index (χ0) is 23.5. The summed E-state index contributed by atoms with van der Waals surface area (Å²) >= 11 is 0. The number of carbonyl (C=O) groups is 1. The second kappa shape index (κ2) is 9.62. The van der Waals surface area contributed by atoms with Gasteiger partial charge in [-0.15, -0.1) is 0 Å². The van der Waals surface area contributed by atoms with Crippen molar-refractivity contribution < 1.29 is 9.90 Å². The summed E-state index contributed by atoms with van der Waals surface area (Å²) in [6, 6.07) is 19.9. The Labute approximate surface area is 195 Å². The molecule has 0 radical (unpaired) electrons. The van der Waals surface area contributed by atoms with E-state index in [9.17, 15) is 9.90 Å². The highest BCUT2D eigenvalue weighted by Crippen LogP contribution is 2.31. The number of hydrogen-bond donors (Lipinski definition) is 1. The zero-order valence-electron chi connectivity index (χ0n) is 19.9. The number of carboxylic acid groups (broad SMARTS) is 1. The van der Waals surface area contributed by atoms with E-state index in [0.29, 0.717) is 12.3 Å². The molecule has 4 rings (SSSR count). The fourth-order valence-electron chi connectivity index (χ4n) is 4.48. The quantitative estimate of drug-likeness (QED) is 0.341. The molecular formula is C29H32N2O2. The SMILES string of the molecule is Cc1cc(CCc2ccc(C(C)C)cc2)c(-c2ccc3c(cnn3C)c2)cc1CCC(=O)O. The molecule has 0 saturated carbocycles. The summed E-state index contributed by atoms with van der Waals surface area (Å²) in [7, 11) is 1.95. The predicted molar refractivity (Wildman–Crippen MR) is 135 cm³/mol. The van der Waals surface area contributed by atoms with Gasteiger partial charge >= 0.3 is 5.97 Å². The van der Waals surface area contributed by atoms with Gasteiger partial charge < -0.3 is 5.11 Å². The van der Waals surface area contributed by atoms with E-state index in [2.05, 4.69) is 80.5 Å². The highest BCUT2D eigenvalue weighted by Gasteiger charge is 2.13. The lowest BCUT2D eigenvalue weighted by Gasteiger charge is -2.16. The van der Waals surface area contributed by atoms with Gasteiger partial charge in [0.2, 0.25) is 0 Å². The lowest BCUT2D eigenvalue weighted by atomic mass is 9.89. The molecule has 0 atom stereocenters. The van der Waals surface area contributed by atoms with Crippen LogP contribution in [0, 0.1) is 6.92 Å². The van der Waals surface area contributed by atoms with E-state index in [1.165, 1.54) is 22.3 Å². The van der Waals surface area contributed by atoms with Gasteiger partial charge in [-0.25, -0.2) is 0 Å². The maximum atomic E-state index is 11.2. The predicted octanol–water partition coefficient (Wildman–Crippen LogP) is 6.47. The molecule has 0 bridgehead atoms. The van der Waals surface area contributed by atoms with Crippen LogP contribution < -0.4 is 0 Å². The Balaban J connectivity index is 1.69. The second-order valence-electron chi connectivity index (χ2n) is 9.27. The van der Waals surface area contributed by atoms with Crippen LogP contribution in [-0.2, 0) is 31.1 Å². The number of nitrogens with zero attached hydrogens (tertiary/aromatic N) is 2. The molecule has 4 aromatic rings. The largest absolute Gasteiger partial charge is 0.481 e. The fourth-order valence-corrected chi connectivity index (χ4v) is 4.48. The van der Waals surface area contributed by atoms with E-state index >= 15 is 0 Å².